The van der Waals surface area contributed by atoms with Crippen molar-refractivity contribution < 1.29 is 24.9 Å². The number of hydrogen-bond acceptors (Lipinski definition) is 4. The monoisotopic (exact) mass is 376 g/mol. The molecule has 4 aliphatic rings. The van der Waals surface area contributed by atoms with Crippen LogP contribution in [0.15, 0.2) is 11.6 Å². The number of Topliss-reactive ketones (excluding diaryl/α,β-unsaturated/α-hetero) is 1. The van der Waals surface area contributed by atoms with Crippen molar-refractivity contribution in [2.24, 2.45) is 28.6 Å². The van der Waals surface area contributed by atoms with Gasteiger partial charge in [-0.1, -0.05) is 25.5 Å². The molecule has 0 heterocycles. The Labute approximate surface area is 160 Å². The molecule has 27 heavy (non-hydrogen) atoms. The fourth-order valence-corrected chi connectivity index (χ4v) is 7.42. The van der Waals surface area contributed by atoms with Crippen molar-refractivity contribution in [2.45, 2.75) is 83.3 Å². The second-order valence-corrected chi connectivity index (χ2v) is 10.2. The lowest BCUT2D eigenvalue weighted by Crippen LogP contribution is -2.57. The molecule has 3 fully saturated rings. The number of carboxylic acid groups (broad SMARTS) is 1. The Bertz CT molecular complexity index is 728. The van der Waals surface area contributed by atoms with E-state index in [1.165, 1.54) is 6.92 Å². The summed E-state index contributed by atoms with van der Waals surface area (Å²) in [5.41, 5.74) is -2.18. The van der Waals surface area contributed by atoms with Gasteiger partial charge in [0.05, 0.1) is 0 Å². The predicted molar refractivity (Wildman–Crippen MR) is 99.9 cm³/mol. The average molecular weight is 376 g/mol. The Morgan fingerprint density at radius 3 is 2.33 bits per heavy atom. The van der Waals surface area contributed by atoms with E-state index in [0.717, 1.165) is 31.3 Å². The van der Waals surface area contributed by atoms with Gasteiger partial charge in [0.15, 0.2) is 11.4 Å². The number of carbonyl (C=O) groups excluding carboxylic acids is 1. The van der Waals surface area contributed by atoms with Gasteiger partial charge in [-0.05, 0) is 75.0 Å². The first kappa shape index (κ1) is 19.1. The van der Waals surface area contributed by atoms with Crippen LogP contribution in [0.2, 0.25) is 0 Å². The number of rotatable bonds is 2. The van der Waals surface area contributed by atoms with Crippen LogP contribution in [-0.4, -0.2) is 38.3 Å². The highest BCUT2D eigenvalue weighted by Crippen LogP contribution is 2.67. The van der Waals surface area contributed by atoms with E-state index in [2.05, 4.69) is 19.9 Å². The molecule has 4 rings (SSSR count). The van der Waals surface area contributed by atoms with Gasteiger partial charge >= 0.3 is 5.97 Å². The van der Waals surface area contributed by atoms with E-state index < -0.39 is 17.2 Å². The van der Waals surface area contributed by atoms with Crippen molar-refractivity contribution in [1.82, 2.24) is 0 Å². The number of aliphatic hydroxyl groups is 2. The molecule has 0 saturated heterocycles. The van der Waals surface area contributed by atoms with Gasteiger partial charge in [0.1, 0.15) is 5.60 Å². The largest absolute Gasteiger partial charge is 0.479 e. The molecule has 4 aliphatic carbocycles. The van der Waals surface area contributed by atoms with Crippen molar-refractivity contribution in [3.63, 3.8) is 0 Å². The third kappa shape index (κ3) is 2.30. The zero-order valence-electron chi connectivity index (χ0n) is 16.6. The van der Waals surface area contributed by atoms with E-state index in [1.54, 1.807) is 0 Å². The van der Waals surface area contributed by atoms with E-state index >= 15 is 0 Å². The normalized spacial score (nSPS) is 51.6. The van der Waals surface area contributed by atoms with Crippen LogP contribution in [0.3, 0.4) is 0 Å². The molecule has 150 valence electrons. The van der Waals surface area contributed by atoms with Crippen LogP contribution in [0.5, 0.6) is 0 Å². The van der Waals surface area contributed by atoms with Gasteiger partial charge in [-0.15, -0.1) is 0 Å². The van der Waals surface area contributed by atoms with Crippen LogP contribution in [-0.2, 0) is 9.59 Å². The van der Waals surface area contributed by atoms with Crippen molar-refractivity contribution in [1.29, 1.82) is 0 Å². The summed E-state index contributed by atoms with van der Waals surface area (Å²) in [5.74, 6) is -0.0512. The average Bonchev–Trinajstić information content (AvgIpc) is 2.88. The minimum absolute atomic E-state index is 0.0805. The van der Waals surface area contributed by atoms with E-state index in [0.29, 0.717) is 37.0 Å². The smallest absolute Gasteiger partial charge is 0.336 e. The fraction of sp³-hybridized carbons (Fsp3) is 0.818. The van der Waals surface area contributed by atoms with Crippen LogP contribution in [0.1, 0.15) is 72.1 Å². The van der Waals surface area contributed by atoms with Gasteiger partial charge in [-0.2, -0.15) is 0 Å². The molecule has 5 heteroatoms. The summed E-state index contributed by atoms with van der Waals surface area (Å²) >= 11 is 0. The van der Waals surface area contributed by atoms with Crippen molar-refractivity contribution >= 4 is 11.8 Å². The maximum atomic E-state index is 12.3. The number of aliphatic carboxylic acids is 1. The molecule has 5 nitrogen and oxygen atoms in total. The SMILES string of the molecule is CC(=O)[C@@]1(O)CC[C@H]2[C@@H]3CC=C4CC(O)(C(=O)O)CC[C@]4(C)[C@H]3CC[C@@]21C. The molecule has 3 N–H and O–H groups in total. The highest BCUT2D eigenvalue weighted by molar-refractivity contribution is 5.86. The minimum atomic E-state index is -1.64. The fourth-order valence-electron chi connectivity index (χ4n) is 7.42. The number of allylic oxidation sites excluding steroid dienone is 1. The third-order valence-corrected chi connectivity index (χ3v) is 9.30. The molecule has 7 atom stereocenters. The topological polar surface area (TPSA) is 94.8 Å². The quantitative estimate of drug-likeness (QED) is 0.644. The van der Waals surface area contributed by atoms with Crippen LogP contribution in [0, 0.1) is 28.6 Å². The minimum Gasteiger partial charge on any atom is -0.479 e. The van der Waals surface area contributed by atoms with Gasteiger partial charge in [-0.25, -0.2) is 4.79 Å². The van der Waals surface area contributed by atoms with Crippen LogP contribution < -0.4 is 0 Å². The Balaban J connectivity index is 1.67. The molecule has 0 amide bonds. The summed E-state index contributed by atoms with van der Waals surface area (Å²) in [6.07, 6.45) is 7.45. The highest BCUT2D eigenvalue weighted by atomic mass is 16.4. The molecule has 0 bridgehead atoms. The number of ketones is 1. The summed E-state index contributed by atoms with van der Waals surface area (Å²) in [6.45, 7) is 5.87. The number of hydrogen-bond donors (Lipinski definition) is 3. The first-order valence-corrected chi connectivity index (χ1v) is 10.4. The van der Waals surface area contributed by atoms with Crippen LogP contribution >= 0.6 is 0 Å². The maximum Gasteiger partial charge on any atom is 0.336 e. The first-order chi connectivity index (χ1) is 12.5. The van der Waals surface area contributed by atoms with Gasteiger partial charge < -0.3 is 15.3 Å². The lowest BCUT2D eigenvalue weighted by Gasteiger charge is -2.59. The molecule has 0 spiro atoms. The first-order valence-electron chi connectivity index (χ1n) is 10.4. The molecule has 0 radical (unpaired) electrons. The second-order valence-electron chi connectivity index (χ2n) is 10.2. The van der Waals surface area contributed by atoms with Gasteiger partial charge in [0, 0.05) is 11.8 Å². The molecule has 0 aliphatic heterocycles. The van der Waals surface area contributed by atoms with Gasteiger partial charge in [-0.3, -0.25) is 4.79 Å². The van der Waals surface area contributed by atoms with Crippen molar-refractivity contribution in [2.75, 3.05) is 0 Å². The Morgan fingerprint density at radius 1 is 1.04 bits per heavy atom. The van der Waals surface area contributed by atoms with E-state index in [4.69, 9.17) is 0 Å². The number of carbonyl (C=O) groups is 2. The Morgan fingerprint density at radius 2 is 1.70 bits per heavy atom. The summed E-state index contributed by atoms with van der Waals surface area (Å²) < 4.78 is 0. The predicted octanol–water partition coefficient (Wildman–Crippen LogP) is 3.09. The summed E-state index contributed by atoms with van der Waals surface area (Å²) in [6, 6.07) is 0. The molecular formula is C22H32O5. The zero-order valence-corrected chi connectivity index (χ0v) is 16.6. The number of fused-ring (bicyclic) bond motifs is 5. The molecule has 1 unspecified atom stereocenters. The summed E-state index contributed by atoms with van der Waals surface area (Å²) in [5, 5.41) is 31.1. The zero-order chi connectivity index (χ0) is 19.8. The lowest BCUT2D eigenvalue weighted by atomic mass is 9.46. The van der Waals surface area contributed by atoms with Gasteiger partial charge in [0.2, 0.25) is 0 Å². The Kier molecular flexibility index (Phi) is 4.01. The van der Waals surface area contributed by atoms with Gasteiger partial charge in [0.25, 0.3) is 0 Å². The van der Waals surface area contributed by atoms with E-state index in [-0.39, 0.29) is 23.0 Å². The van der Waals surface area contributed by atoms with E-state index in [9.17, 15) is 24.9 Å². The van der Waals surface area contributed by atoms with Crippen LogP contribution in [0.4, 0.5) is 0 Å². The molecular weight excluding hydrogens is 344 g/mol. The van der Waals surface area contributed by atoms with E-state index in [1.807, 2.05) is 0 Å². The summed E-state index contributed by atoms with van der Waals surface area (Å²) in [4.78, 5) is 23.8. The molecule has 0 aromatic heterocycles. The molecule has 0 aromatic carbocycles. The standard InChI is InChI=1S/C22H32O5/c1-13(23)22(27)9-7-17-15-5-4-14-12-21(26,18(24)25)11-10-19(14,2)16(15)6-8-20(17,22)3/h4,15-17,26-27H,5-12H2,1-3H3,(H,24,25)/t15-,16+,17+,19+,20+,21?,22+/m1/s1. The van der Waals surface area contributed by atoms with Crippen molar-refractivity contribution in [3.05, 3.63) is 11.6 Å². The number of carboxylic acids is 1. The third-order valence-electron chi connectivity index (χ3n) is 9.30. The highest BCUT2D eigenvalue weighted by Gasteiger charge is 2.65. The summed E-state index contributed by atoms with van der Waals surface area (Å²) in [7, 11) is 0. The molecule has 3 saturated carbocycles. The lowest BCUT2D eigenvalue weighted by molar-refractivity contribution is -0.166. The second kappa shape index (κ2) is 5.66. The van der Waals surface area contributed by atoms with Crippen LogP contribution in [0.25, 0.3) is 0 Å². The Hall–Kier alpha value is -1.20. The molecule has 0 aromatic rings. The van der Waals surface area contributed by atoms with Crippen molar-refractivity contribution in [3.8, 4) is 0 Å². The maximum absolute atomic E-state index is 12.3.